The largest absolute Gasteiger partial charge is 0.395 e. The van der Waals surface area contributed by atoms with Gasteiger partial charge in [-0.1, -0.05) is 0 Å². The Morgan fingerprint density at radius 3 is 2.81 bits per heavy atom. The van der Waals surface area contributed by atoms with E-state index in [4.69, 9.17) is 0 Å². The highest BCUT2D eigenvalue weighted by atomic mass is 32.1. The van der Waals surface area contributed by atoms with Gasteiger partial charge in [-0.25, -0.2) is 4.98 Å². The van der Waals surface area contributed by atoms with Gasteiger partial charge in [0, 0.05) is 36.5 Å². The molecule has 1 aromatic rings. The predicted molar refractivity (Wildman–Crippen MR) is 99.9 cm³/mol. The molecule has 3 N–H and O–H groups in total. The lowest BCUT2D eigenvalue weighted by Crippen LogP contribution is -2.53. The first-order valence-corrected chi connectivity index (χ1v) is 10.8. The fourth-order valence-corrected chi connectivity index (χ4v) is 6.03. The van der Waals surface area contributed by atoms with Gasteiger partial charge in [-0.05, 0) is 44.9 Å². The molecule has 6 nitrogen and oxygen atoms in total. The van der Waals surface area contributed by atoms with Crippen LogP contribution in [0, 0.1) is 5.41 Å². The summed E-state index contributed by atoms with van der Waals surface area (Å²) in [7, 11) is 0. The number of carbonyl (C=O) groups excluding carboxylic acids is 1. The van der Waals surface area contributed by atoms with Crippen LogP contribution in [-0.2, 0) is 11.2 Å². The van der Waals surface area contributed by atoms with Crippen molar-refractivity contribution in [1.82, 2.24) is 15.2 Å². The number of carbonyl (C=O) groups is 1. The van der Waals surface area contributed by atoms with Gasteiger partial charge in [-0.3, -0.25) is 9.69 Å². The lowest BCUT2D eigenvalue weighted by atomic mass is 9.69. The number of hydrogen-bond donors (Lipinski definition) is 3. The first kappa shape index (κ1) is 18.3. The minimum Gasteiger partial charge on any atom is -0.395 e. The van der Waals surface area contributed by atoms with Gasteiger partial charge in [0.1, 0.15) is 0 Å². The maximum Gasteiger partial charge on any atom is 0.228 e. The lowest BCUT2D eigenvalue weighted by molar-refractivity contribution is -0.134. The molecule has 1 aliphatic carbocycles. The van der Waals surface area contributed by atoms with Crippen LogP contribution in [0.1, 0.15) is 50.6 Å². The van der Waals surface area contributed by atoms with Crippen molar-refractivity contribution in [3.05, 3.63) is 16.6 Å². The smallest absolute Gasteiger partial charge is 0.228 e. The number of aliphatic hydroxyl groups is 2. The van der Waals surface area contributed by atoms with Crippen molar-refractivity contribution in [3.63, 3.8) is 0 Å². The average Bonchev–Trinajstić information content (AvgIpc) is 3.34. The van der Waals surface area contributed by atoms with Crippen LogP contribution in [-0.4, -0.2) is 63.4 Å². The Bertz CT molecular complexity index is 618. The highest BCUT2D eigenvalue weighted by Gasteiger charge is 2.59. The maximum atomic E-state index is 13.5. The van der Waals surface area contributed by atoms with Crippen LogP contribution < -0.4 is 5.32 Å². The number of thiazole rings is 1. The highest BCUT2D eigenvalue weighted by Crippen LogP contribution is 2.51. The molecule has 2 aliphatic heterocycles. The first-order valence-electron chi connectivity index (χ1n) is 9.85. The summed E-state index contributed by atoms with van der Waals surface area (Å²) in [5.41, 5.74) is 2.39. The summed E-state index contributed by atoms with van der Waals surface area (Å²) in [6.07, 6.45) is 6.71. The van der Waals surface area contributed by atoms with E-state index in [1.807, 2.05) is 10.9 Å². The van der Waals surface area contributed by atoms with Crippen LogP contribution in [0.3, 0.4) is 0 Å². The second-order valence-corrected chi connectivity index (χ2v) is 8.92. The molecule has 0 spiro atoms. The summed E-state index contributed by atoms with van der Waals surface area (Å²) >= 11 is 1.58. The van der Waals surface area contributed by atoms with E-state index in [2.05, 4.69) is 15.2 Å². The van der Waals surface area contributed by atoms with E-state index in [0.717, 1.165) is 50.6 Å². The SMILES string of the molecule is O=C(NC1CCC(O)CC1)[C@@]1(Cc2cscn2)C[C@H]2CC[C@@H]1N2CCO. The Morgan fingerprint density at radius 2 is 2.12 bits per heavy atom. The van der Waals surface area contributed by atoms with Crippen molar-refractivity contribution in [3.8, 4) is 0 Å². The molecule has 26 heavy (non-hydrogen) atoms. The zero-order valence-corrected chi connectivity index (χ0v) is 16.0. The number of nitrogens with zero attached hydrogens (tertiary/aromatic N) is 2. The Hall–Kier alpha value is -1.02. The summed E-state index contributed by atoms with van der Waals surface area (Å²) in [4.78, 5) is 20.3. The Balaban J connectivity index is 1.54. The van der Waals surface area contributed by atoms with Crippen LogP contribution >= 0.6 is 11.3 Å². The molecule has 3 atom stereocenters. The summed E-state index contributed by atoms with van der Waals surface area (Å²) in [6.45, 7) is 0.791. The van der Waals surface area contributed by atoms with E-state index in [0.29, 0.717) is 19.0 Å². The van der Waals surface area contributed by atoms with Gasteiger partial charge in [0.2, 0.25) is 5.91 Å². The zero-order chi connectivity index (χ0) is 18.1. The number of nitrogens with one attached hydrogen (secondary N) is 1. The fourth-order valence-electron chi connectivity index (χ4n) is 5.47. The molecule has 0 unspecified atom stereocenters. The number of hydrogen-bond acceptors (Lipinski definition) is 6. The standard InChI is InChI=1S/C19H29N3O3S/c23-8-7-22-15-3-6-17(22)19(10-15,9-14-11-26-12-20-14)18(25)21-13-1-4-16(24)5-2-13/h11-13,15-17,23-24H,1-10H2,(H,21,25)/t13?,15-,16?,17+,19+/m1/s1. The van der Waals surface area contributed by atoms with Gasteiger partial charge in [0.15, 0.2) is 0 Å². The Morgan fingerprint density at radius 1 is 1.31 bits per heavy atom. The van der Waals surface area contributed by atoms with Crippen LogP contribution in [0.15, 0.2) is 10.9 Å². The molecule has 0 radical (unpaired) electrons. The molecule has 0 aromatic carbocycles. The average molecular weight is 380 g/mol. The number of fused-ring (bicyclic) bond motifs is 2. The lowest BCUT2D eigenvalue weighted by Gasteiger charge is -2.38. The molecule has 7 heteroatoms. The van der Waals surface area contributed by atoms with Crippen LogP contribution in [0.5, 0.6) is 0 Å². The molecule has 3 heterocycles. The number of amides is 1. The third-order valence-electron chi connectivity index (χ3n) is 6.70. The molecule has 144 valence electrons. The van der Waals surface area contributed by atoms with Crippen molar-refractivity contribution >= 4 is 17.2 Å². The minimum atomic E-state index is -0.442. The van der Waals surface area contributed by atoms with Gasteiger partial charge in [-0.2, -0.15) is 0 Å². The molecule has 1 amide bonds. The number of rotatable bonds is 6. The molecule has 3 aliphatic rings. The normalized spacial score (nSPS) is 37.2. The van der Waals surface area contributed by atoms with Crippen LogP contribution in [0.25, 0.3) is 0 Å². The fraction of sp³-hybridized carbons (Fsp3) is 0.789. The van der Waals surface area contributed by atoms with Crippen LogP contribution in [0.4, 0.5) is 0 Å². The van der Waals surface area contributed by atoms with Gasteiger partial charge in [-0.15, -0.1) is 11.3 Å². The van der Waals surface area contributed by atoms with Gasteiger partial charge < -0.3 is 15.5 Å². The van der Waals surface area contributed by atoms with E-state index in [-0.39, 0.29) is 30.7 Å². The summed E-state index contributed by atoms with van der Waals surface area (Å²) < 4.78 is 0. The van der Waals surface area contributed by atoms with E-state index >= 15 is 0 Å². The van der Waals surface area contributed by atoms with Gasteiger partial charge in [0.25, 0.3) is 0 Å². The van der Waals surface area contributed by atoms with Crippen molar-refractivity contribution in [2.75, 3.05) is 13.2 Å². The second-order valence-electron chi connectivity index (χ2n) is 8.20. The Labute approximate surface area is 158 Å². The predicted octanol–water partition coefficient (Wildman–Crippen LogP) is 1.32. The van der Waals surface area contributed by atoms with Crippen LogP contribution in [0.2, 0.25) is 0 Å². The number of aromatic nitrogens is 1. The molecular formula is C19H29N3O3S. The van der Waals surface area contributed by atoms with Crippen molar-refractivity contribution < 1.29 is 15.0 Å². The van der Waals surface area contributed by atoms with E-state index in [1.165, 1.54) is 0 Å². The van der Waals surface area contributed by atoms with E-state index in [9.17, 15) is 15.0 Å². The van der Waals surface area contributed by atoms with Gasteiger partial charge in [0.05, 0.1) is 29.3 Å². The topological polar surface area (TPSA) is 85.7 Å². The molecule has 2 saturated heterocycles. The van der Waals surface area contributed by atoms with Crippen molar-refractivity contribution in [2.24, 2.45) is 5.41 Å². The summed E-state index contributed by atoms with van der Waals surface area (Å²) in [5, 5.41) is 24.6. The van der Waals surface area contributed by atoms with E-state index < -0.39 is 5.41 Å². The summed E-state index contributed by atoms with van der Waals surface area (Å²) in [6, 6.07) is 0.754. The minimum absolute atomic E-state index is 0.141. The third kappa shape index (κ3) is 3.30. The Kier molecular flexibility index (Phi) is 5.32. The zero-order valence-electron chi connectivity index (χ0n) is 15.1. The third-order valence-corrected chi connectivity index (χ3v) is 7.34. The maximum absolute atomic E-state index is 13.5. The first-order chi connectivity index (χ1) is 12.6. The quantitative estimate of drug-likeness (QED) is 0.694. The molecule has 4 rings (SSSR count). The highest BCUT2D eigenvalue weighted by molar-refractivity contribution is 7.07. The molecule has 3 fully saturated rings. The second kappa shape index (κ2) is 7.54. The molecule has 2 bridgehead atoms. The summed E-state index contributed by atoms with van der Waals surface area (Å²) in [5.74, 6) is 0.155. The molecule has 1 saturated carbocycles. The molecular weight excluding hydrogens is 350 g/mol. The monoisotopic (exact) mass is 379 g/mol. The van der Waals surface area contributed by atoms with Gasteiger partial charge >= 0.3 is 0 Å². The number of aliphatic hydroxyl groups excluding tert-OH is 2. The van der Waals surface area contributed by atoms with Crippen molar-refractivity contribution in [2.45, 2.75) is 75.6 Å². The van der Waals surface area contributed by atoms with E-state index in [1.54, 1.807) is 11.3 Å². The molecule has 1 aromatic heterocycles. The van der Waals surface area contributed by atoms with Crippen molar-refractivity contribution in [1.29, 1.82) is 0 Å².